The van der Waals surface area contributed by atoms with Crippen molar-refractivity contribution >= 4 is 23.4 Å². The van der Waals surface area contributed by atoms with Gasteiger partial charge in [0, 0.05) is 26.2 Å². The van der Waals surface area contributed by atoms with Gasteiger partial charge in [0.1, 0.15) is 10.8 Å². The van der Waals surface area contributed by atoms with Crippen molar-refractivity contribution < 1.29 is 0 Å². The van der Waals surface area contributed by atoms with E-state index >= 15 is 0 Å². The molecule has 0 fully saturated rings. The van der Waals surface area contributed by atoms with Crippen molar-refractivity contribution in [3.8, 4) is 0 Å². The molecule has 7 heteroatoms. The Kier molecular flexibility index (Phi) is 3.43. The number of nitrogens with zero attached hydrogens (tertiary/aromatic N) is 4. The van der Waals surface area contributed by atoms with E-state index in [4.69, 9.17) is 17.3 Å². The first-order chi connectivity index (χ1) is 8.15. The summed E-state index contributed by atoms with van der Waals surface area (Å²) in [7, 11) is 1.89. The molecule has 90 valence electrons. The minimum absolute atomic E-state index is 0.203. The summed E-state index contributed by atoms with van der Waals surface area (Å²) in [6, 6.07) is 1.97. The second-order valence-corrected chi connectivity index (χ2v) is 3.99. The minimum atomic E-state index is 0.203. The smallest absolute Gasteiger partial charge is 0.222 e. The first kappa shape index (κ1) is 11.7. The Morgan fingerprint density at radius 2 is 2.35 bits per heavy atom. The second kappa shape index (κ2) is 5.01. The van der Waals surface area contributed by atoms with E-state index in [1.54, 1.807) is 4.68 Å². The van der Waals surface area contributed by atoms with Gasteiger partial charge in [-0.2, -0.15) is 10.1 Å². The number of halogens is 1. The lowest BCUT2D eigenvalue weighted by atomic mass is 10.3. The number of nitrogens with one attached hydrogen (secondary N) is 1. The highest BCUT2D eigenvalue weighted by molar-refractivity contribution is 6.32. The lowest BCUT2D eigenvalue weighted by Crippen LogP contribution is -2.09. The number of anilines is 2. The highest BCUT2D eigenvalue weighted by Crippen LogP contribution is 2.17. The maximum absolute atomic E-state index is 5.92. The number of hydrogen-bond acceptors (Lipinski definition) is 5. The molecule has 2 aromatic rings. The van der Waals surface area contributed by atoms with E-state index < -0.39 is 0 Å². The van der Waals surface area contributed by atoms with Crippen molar-refractivity contribution in [2.45, 2.75) is 6.42 Å². The van der Waals surface area contributed by atoms with Gasteiger partial charge in [0.25, 0.3) is 0 Å². The van der Waals surface area contributed by atoms with Crippen LogP contribution < -0.4 is 11.1 Å². The van der Waals surface area contributed by atoms with Crippen LogP contribution >= 0.6 is 11.6 Å². The third-order valence-electron chi connectivity index (χ3n) is 2.21. The van der Waals surface area contributed by atoms with Gasteiger partial charge in [0.05, 0.1) is 11.9 Å². The summed E-state index contributed by atoms with van der Waals surface area (Å²) in [5.41, 5.74) is 6.49. The van der Waals surface area contributed by atoms with Crippen LogP contribution in [0, 0.1) is 0 Å². The zero-order valence-electron chi connectivity index (χ0n) is 9.39. The van der Waals surface area contributed by atoms with Crippen LogP contribution in [-0.2, 0) is 13.5 Å². The van der Waals surface area contributed by atoms with E-state index in [-0.39, 0.29) is 5.95 Å². The van der Waals surface area contributed by atoms with Gasteiger partial charge in [0.2, 0.25) is 5.95 Å². The number of nitrogens with two attached hydrogens (primary N) is 1. The molecular formula is C10H13ClN6. The summed E-state index contributed by atoms with van der Waals surface area (Å²) < 4.78 is 1.77. The third-order valence-corrected chi connectivity index (χ3v) is 2.48. The Morgan fingerprint density at radius 3 is 3.06 bits per heavy atom. The zero-order valence-corrected chi connectivity index (χ0v) is 10.1. The van der Waals surface area contributed by atoms with Gasteiger partial charge >= 0.3 is 0 Å². The van der Waals surface area contributed by atoms with Crippen molar-refractivity contribution in [2.24, 2.45) is 7.05 Å². The SMILES string of the molecule is Cn1ccc(CCNc2nc(N)ncc2Cl)n1. The Bertz CT molecular complexity index is 509. The lowest BCUT2D eigenvalue weighted by molar-refractivity contribution is 0.742. The third kappa shape index (κ3) is 3.07. The topological polar surface area (TPSA) is 81.7 Å². The Hall–Kier alpha value is -1.82. The van der Waals surface area contributed by atoms with Gasteiger partial charge in [-0.05, 0) is 6.07 Å². The van der Waals surface area contributed by atoms with Crippen molar-refractivity contribution in [3.05, 3.63) is 29.2 Å². The van der Waals surface area contributed by atoms with Crippen molar-refractivity contribution in [1.29, 1.82) is 0 Å². The number of nitrogen functional groups attached to an aromatic ring is 1. The molecule has 0 saturated heterocycles. The molecule has 2 aromatic heterocycles. The van der Waals surface area contributed by atoms with Gasteiger partial charge in [-0.1, -0.05) is 11.6 Å². The maximum atomic E-state index is 5.92. The molecule has 0 radical (unpaired) electrons. The fourth-order valence-corrected chi connectivity index (χ4v) is 1.57. The quantitative estimate of drug-likeness (QED) is 0.852. The maximum Gasteiger partial charge on any atom is 0.222 e. The lowest BCUT2D eigenvalue weighted by Gasteiger charge is -2.06. The van der Waals surface area contributed by atoms with E-state index in [1.165, 1.54) is 6.20 Å². The molecule has 0 aromatic carbocycles. The summed E-state index contributed by atoms with van der Waals surface area (Å²) in [4.78, 5) is 7.80. The Labute approximate surface area is 104 Å². The molecule has 2 rings (SSSR count). The van der Waals surface area contributed by atoms with E-state index in [9.17, 15) is 0 Å². The summed E-state index contributed by atoms with van der Waals surface area (Å²) in [5, 5.41) is 7.83. The predicted molar refractivity (Wildman–Crippen MR) is 66.9 cm³/mol. The van der Waals surface area contributed by atoms with Crippen LogP contribution in [0.4, 0.5) is 11.8 Å². The number of aromatic nitrogens is 4. The summed E-state index contributed by atoms with van der Waals surface area (Å²) in [6.07, 6.45) is 4.18. The second-order valence-electron chi connectivity index (χ2n) is 3.58. The van der Waals surface area contributed by atoms with Crippen LogP contribution in [0.3, 0.4) is 0 Å². The van der Waals surface area contributed by atoms with Crippen molar-refractivity contribution in [3.63, 3.8) is 0 Å². The van der Waals surface area contributed by atoms with Crippen LogP contribution in [0.2, 0.25) is 5.02 Å². The van der Waals surface area contributed by atoms with Crippen LogP contribution in [0.5, 0.6) is 0 Å². The predicted octanol–water partition coefficient (Wildman–Crippen LogP) is 1.10. The average molecular weight is 253 g/mol. The number of rotatable bonds is 4. The van der Waals surface area contributed by atoms with E-state index in [1.807, 2.05) is 19.3 Å². The largest absolute Gasteiger partial charge is 0.368 e. The van der Waals surface area contributed by atoms with Gasteiger partial charge < -0.3 is 11.1 Å². The molecule has 0 spiro atoms. The van der Waals surface area contributed by atoms with Crippen LogP contribution in [-0.4, -0.2) is 26.3 Å². The first-order valence-electron chi connectivity index (χ1n) is 5.15. The minimum Gasteiger partial charge on any atom is -0.368 e. The molecular weight excluding hydrogens is 240 g/mol. The standard InChI is InChI=1S/C10H13ClN6/c1-17-5-3-7(16-17)2-4-13-9-8(11)6-14-10(12)15-9/h3,5-6H,2,4H2,1H3,(H3,12,13,14,15). The van der Waals surface area contributed by atoms with Gasteiger partial charge in [0.15, 0.2) is 0 Å². The molecule has 0 atom stereocenters. The normalized spacial score (nSPS) is 10.5. The zero-order chi connectivity index (χ0) is 12.3. The molecule has 0 saturated carbocycles. The Balaban J connectivity index is 1.91. The van der Waals surface area contributed by atoms with Gasteiger partial charge in [-0.25, -0.2) is 4.98 Å². The number of hydrogen-bond donors (Lipinski definition) is 2. The average Bonchev–Trinajstić information content (AvgIpc) is 2.69. The fourth-order valence-electron chi connectivity index (χ4n) is 1.41. The molecule has 0 aliphatic carbocycles. The van der Waals surface area contributed by atoms with Gasteiger partial charge in [-0.3, -0.25) is 4.68 Å². The summed E-state index contributed by atoms with van der Waals surface area (Å²) >= 11 is 5.92. The molecule has 0 aliphatic heterocycles. The molecule has 0 unspecified atom stereocenters. The van der Waals surface area contributed by atoms with Crippen LogP contribution in [0.15, 0.2) is 18.5 Å². The summed E-state index contributed by atoms with van der Waals surface area (Å²) in [6.45, 7) is 0.688. The fraction of sp³-hybridized carbons (Fsp3) is 0.300. The molecule has 0 aliphatic rings. The van der Waals surface area contributed by atoms with Crippen molar-refractivity contribution in [2.75, 3.05) is 17.6 Å². The molecule has 0 bridgehead atoms. The molecule has 2 heterocycles. The van der Waals surface area contributed by atoms with E-state index in [2.05, 4.69) is 20.4 Å². The monoisotopic (exact) mass is 252 g/mol. The highest BCUT2D eigenvalue weighted by Gasteiger charge is 2.03. The van der Waals surface area contributed by atoms with E-state index in [0.717, 1.165) is 12.1 Å². The molecule has 0 amide bonds. The molecule has 6 nitrogen and oxygen atoms in total. The highest BCUT2D eigenvalue weighted by atomic mass is 35.5. The summed E-state index contributed by atoms with van der Waals surface area (Å²) in [5.74, 6) is 0.754. The van der Waals surface area contributed by atoms with Crippen LogP contribution in [0.1, 0.15) is 5.69 Å². The first-order valence-corrected chi connectivity index (χ1v) is 5.53. The molecule has 17 heavy (non-hydrogen) atoms. The van der Waals surface area contributed by atoms with Crippen molar-refractivity contribution in [1.82, 2.24) is 19.7 Å². The van der Waals surface area contributed by atoms with Crippen LogP contribution in [0.25, 0.3) is 0 Å². The Morgan fingerprint density at radius 1 is 1.53 bits per heavy atom. The molecule has 3 N–H and O–H groups in total. The number of aryl methyl sites for hydroxylation is 1. The van der Waals surface area contributed by atoms with E-state index in [0.29, 0.717) is 17.4 Å². The van der Waals surface area contributed by atoms with Gasteiger partial charge in [-0.15, -0.1) is 0 Å².